The predicted molar refractivity (Wildman–Crippen MR) is 106 cm³/mol. The molecule has 0 saturated carbocycles. The molecule has 0 radical (unpaired) electrons. The van der Waals surface area contributed by atoms with Gasteiger partial charge in [-0.3, -0.25) is 0 Å². The summed E-state index contributed by atoms with van der Waals surface area (Å²) in [6.45, 7) is 1.96. The molecule has 0 spiro atoms. The summed E-state index contributed by atoms with van der Waals surface area (Å²) in [5.41, 5.74) is 2.88. The van der Waals surface area contributed by atoms with Gasteiger partial charge in [-0.15, -0.1) is 0 Å². The molecule has 0 unspecified atom stereocenters. The highest BCUT2D eigenvalue weighted by Gasteiger charge is 2.19. The van der Waals surface area contributed by atoms with Crippen molar-refractivity contribution in [3.05, 3.63) is 53.1 Å². The number of nitrogens with one attached hydrogen (secondary N) is 3. The van der Waals surface area contributed by atoms with Crippen molar-refractivity contribution in [2.45, 2.75) is 13.3 Å². The van der Waals surface area contributed by atoms with Gasteiger partial charge in [0.2, 0.25) is 0 Å². The standard InChI is InChI=1S/C17H15ClN6O2S/c1-2-12-21-15(14-11(17(25)26)7-19-16(14)22-12)9-4-3-5-10(6-9)20-13-8-24(18)23-27-13/h3-8,20,23H,2H2,1H3,(H,25,26)(H,19,21,22). The van der Waals surface area contributed by atoms with Crippen LogP contribution in [0.4, 0.5) is 5.69 Å². The van der Waals surface area contributed by atoms with Gasteiger partial charge in [0.1, 0.15) is 16.5 Å². The Kier molecular flexibility index (Phi) is 4.65. The number of hydrazine groups is 1. The van der Waals surface area contributed by atoms with E-state index in [9.17, 15) is 9.90 Å². The first-order chi connectivity index (χ1) is 13.0. The molecule has 1 aliphatic rings. The van der Waals surface area contributed by atoms with Crippen LogP contribution in [0.5, 0.6) is 0 Å². The maximum absolute atomic E-state index is 11.6. The van der Waals surface area contributed by atoms with Crippen LogP contribution in [-0.4, -0.2) is 30.6 Å². The topological polar surface area (TPSA) is 106 Å². The molecule has 0 saturated heterocycles. The van der Waals surface area contributed by atoms with Crippen LogP contribution in [0.25, 0.3) is 22.3 Å². The largest absolute Gasteiger partial charge is 0.478 e. The molecule has 10 heteroatoms. The van der Waals surface area contributed by atoms with Gasteiger partial charge in [0.05, 0.1) is 22.8 Å². The fraction of sp³-hybridized carbons (Fsp3) is 0.118. The number of carbonyl (C=O) groups is 1. The third-order valence-electron chi connectivity index (χ3n) is 4.00. The highest BCUT2D eigenvalue weighted by atomic mass is 35.5. The number of carboxylic acids is 1. The fourth-order valence-corrected chi connectivity index (χ4v) is 3.63. The van der Waals surface area contributed by atoms with E-state index in [4.69, 9.17) is 11.8 Å². The SMILES string of the molecule is CCc1nc(-c2cccc(NC3=CN(Cl)NS3)c2)c2c(C(=O)O)c[nH]c2n1. The molecule has 4 N–H and O–H groups in total. The van der Waals surface area contributed by atoms with E-state index >= 15 is 0 Å². The summed E-state index contributed by atoms with van der Waals surface area (Å²) in [5, 5.41) is 14.1. The minimum atomic E-state index is -1.02. The minimum Gasteiger partial charge on any atom is -0.478 e. The van der Waals surface area contributed by atoms with E-state index in [0.29, 0.717) is 29.0 Å². The summed E-state index contributed by atoms with van der Waals surface area (Å²) < 4.78 is 1.33. The van der Waals surface area contributed by atoms with Crippen LogP contribution in [-0.2, 0) is 6.42 Å². The van der Waals surface area contributed by atoms with E-state index in [1.807, 2.05) is 31.2 Å². The Hall–Kier alpha value is -2.75. The Balaban J connectivity index is 1.81. The number of H-pyrrole nitrogens is 1. The first-order valence-corrected chi connectivity index (χ1v) is 9.28. The average Bonchev–Trinajstić information content (AvgIpc) is 3.27. The molecule has 1 aromatic carbocycles. The van der Waals surface area contributed by atoms with E-state index in [1.165, 1.54) is 22.7 Å². The summed E-state index contributed by atoms with van der Waals surface area (Å²) in [5.74, 6) is -0.379. The lowest BCUT2D eigenvalue weighted by Crippen LogP contribution is -2.10. The molecule has 2 aromatic heterocycles. The number of nitrogens with zero attached hydrogens (tertiary/aromatic N) is 3. The number of hydrogen-bond acceptors (Lipinski definition) is 7. The van der Waals surface area contributed by atoms with Gasteiger partial charge in [0.15, 0.2) is 0 Å². The Morgan fingerprint density at radius 2 is 2.26 bits per heavy atom. The van der Waals surface area contributed by atoms with Gasteiger partial charge in [0, 0.05) is 35.6 Å². The van der Waals surface area contributed by atoms with Gasteiger partial charge in [-0.2, -0.15) is 4.83 Å². The van der Waals surface area contributed by atoms with Crippen LogP contribution < -0.4 is 10.1 Å². The molecule has 0 fully saturated rings. The minimum absolute atomic E-state index is 0.150. The molecular formula is C17H15ClN6O2S. The molecule has 0 aliphatic carbocycles. The first kappa shape index (κ1) is 17.7. The number of rotatable bonds is 5. The number of aromatic carboxylic acids is 1. The number of fused-ring (bicyclic) bond motifs is 1. The first-order valence-electron chi connectivity index (χ1n) is 8.13. The summed E-state index contributed by atoms with van der Waals surface area (Å²) >= 11 is 7.19. The number of aryl methyl sites for hydroxylation is 1. The summed E-state index contributed by atoms with van der Waals surface area (Å²) in [7, 11) is 0. The maximum atomic E-state index is 11.6. The number of halogens is 1. The van der Waals surface area contributed by atoms with Crippen molar-refractivity contribution in [1.82, 2.24) is 24.3 Å². The van der Waals surface area contributed by atoms with Gasteiger partial charge in [-0.25, -0.2) is 19.3 Å². The van der Waals surface area contributed by atoms with Crippen molar-refractivity contribution in [3.63, 3.8) is 0 Å². The molecule has 1 aliphatic heterocycles. The maximum Gasteiger partial charge on any atom is 0.338 e. The predicted octanol–water partition coefficient (Wildman–Crippen LogP) is 3.72. The zero-order valence-electron chi connectivity index (χ0n) is 14.2. The molecule has 27 heavy (non-hydrogen) atoms. The summed E-state index contributed by atoms with van der Waals surface area (Å²) in [6.07, 6.45) is 3.81. The second-order valence-electron chi connectivity index (χ2n) is 5.78. The van der Waals surface area contributed by atoms with Gasteiger partial charge >= 0.3 is 5.97 Å². The second kappa shape index (κ2) is 7.10. The third-order valence-corrected chi connectivity index (χ3v) is 5.00. The number of aromatic amines is 1. The number of carboxylic acid groups (broad SMARTS) is 1. The van der Waals surface area contributed by atoms with Crippen LogP contribution in [0.2, 0.25) is 0 Å². The van der Waals surface area contributed by atoms with E-state index < -0.39 is 5.97 Å². The third kappa shape index (κ3) is 3.44. The Labute approximate surface area is 163 Å². The van der Waals surface area contributed by atoms with Crippen LogP contribution in [0.1, 0.15) is 23.1 Å². The molecule has 4 rings (SSSR count). The lowest BCUT2D eigenvalue weighted by molar-refractivity contribution is 0.0699. The summed E-state index contributed by atoms with van der Waals surface area (Å²) in [6, 6.07) is 7.61. The molecular weight excluding hydrogens is 388 g/mol. The van der Waals surface area contributed by atoms with E-state index in [0.717, 1.165) is 16.3 Å². The van der Waals surface area contributed by atoms with E-state index in [2.05, 4.69) is 25.1 Å². The zero-order chi connectivity index (χ0) is 19.0. The number of hydrogen-bond donors (Lipinski definition) is 4. The normalized spacial score (nSPS) is 13.9. The van der Waals surface area contributed by atoms with Gasteiger partial charge in [-0.1, -0.05) is 19.1 Å². The van der Waals surface area contributed by atoms with Crippen molar-refractivity contribution in [1.29, 1.82) is 0 Å². The Morgan fingerprint density at radius 1 is 1.41 bits per heavy atom. The number of aromatic nitrogens is 3. The molecule has 0 bridgehead atoms. The van der Waals surface area contributed by atoms with Crippen molar-refractivity contribution in [2.75, 3.05) is 5.32 Å². The van der Waals surface area contributed by atoms with Crippen molar-refractivity contribution in [2.24, 2.45) is 0 Å². The van der Waals surface area contributed by atoms with Crippen molar-refractivity contribution >= 4 is 46.4 Å². The molecule has 0 amide bonds. The Bertz CT molecular complexity index is 1070. The quantitative estimate of drug-likeness (QED) is 0.378. The van der Waals surface area contributed by atoms with Crippen LogP contribution in [0.3, 0.4) is 0 Å². The molecule has 8 nitrogen and oxygen atoms in total. The van der Waals surface area contributed by atoms with E-state index in [-0.39, 0.29) is 5.56 Å². The molecule has 0 atom stereocenters. The van der Waals surface area contributed by atoms with Crippen LogP contribution in [0, 0.1) is 0 Å². The van der Waals surface area contributed by atoms with E-state index in [1.54, 1.807) is 6.20 Å². The average molecular weight is 403 g/mol. The number of benzene rings is 1. The van der Waals surface area contributed by atoms with Crippen molar-refractivity contribution < 1.29 is 9.90 Å². The van der Waals surface area contributed by atoms with Gasteiger partial charge in [-0.05, 0) is 24.1 Å². The van der Waals surface area contributed by atoms with Crippen LogP contribution >= 0.6 is 23.7 Å². The smallest absolute Gasteiger partial charge is 0.338 e. The highest BCUT2D eigenvalue weighted by Crippen LogP contribution is 2.32. The van der Waals surface area contributed by atoms with Crippen molar-refractivity contribution in [3.8, 4) is 11.3 Å². The summed E-state index contributed by atoms with van der Waals surface area (Å²) in [4.78, 5) is 26.4. The van der Waals surface area contributed by atoms with Crippen LogP contribution in [0.15, 0.2) is 41.7 Å². The molecule has 138 valence electrons. The second-order valence-corrected chi connectivity index (χ2v) is 6.97. The lowest BCUT2D eigenvalue weighted by atomic mass is 10.1. The lowest BCUT2D eigenvalue weighted by Gasteiger charge is -2.10. The monoisotopic (exact) mass is 402 g/mol. The van der Waals surface area contributed by atoms with Gasteiger partial charge in [0.25, 0.3) is 0 Å². The van der Waals surface area contributed by atoms with Gasteiger partial charge < -0.3 is 15.4 Å². The highest BCUT2D eigenvalue weighted by molar-refractivity contribution is 8.01. The molecule has 3 aromatic rings. The Morgan fingerprint density at radius 3 is 2.96 bits per heavy atom. The fourth-order valence-electron chi connectivity index (χ4n) is 2.81. The zero-order valence-corrected chi connectivity index (χ0v) is 15.7. The molecule has 3 heterocycles. The number of anilines is 1.